The topological polar surface area (TPSA) is 73.2 Å². The highest BCUT2D eigenvalue weighted by molar-refractivity contribution is 6.39. The lowest BCUT2D eigenvalue weighted by molar-refractivity contribution is -0.134. The molecule has 1 amide bonds. The van der Waals surface area contributed by atoms with Gasteiger partial charge in [-0.2, -0.15) is 0 Å². The summed E-state index contributed by atoms with van der Waals surface area (Å²) < 4.78 is 0. The standard InChI is InChI=1S/C30H45N3O3/c1-20(2)9-14-25(22-10-12-23(13-11-22)28(35)36)33-27(34)26(32-19-7-8-21(32)3)31-30(33)17-15-24(16-18-30)29(4,5)6/h10-13,20-21,24-25H,7-9,14-19H2,1-6H3,(H,35,36)/t21?,24?,25-,30?/m1/s1. The van der Waals surface area contributed by atoms with Crippen molar-refractivity contribution in [1.82, 2.24) is 9.80 Å². The fourth-order valence-corrected chi connectivity index (χ4v) is 6.54. The minimum Gasteiger partial charge on any atom is -0.478 e. The van der Waals surface area contributed by atoms with Gasteiger partial charge in [0.25, 0.3) is 5.91 Å². The maximum atomic E-state index is 14.3. The Hall–Kier alpha value is -2.37. The second-order valence-corrected chi connectivity index (χ2v) is 12.8. The van der Waals surface area contributed by atoms with Gasteiger partial charge in [0.1, 0.15) is 5.66 Å². The molecular weight excluding hydrogens is 450 g/mol. The Morgan fingerprint density at radius 1 is 1.11 bits per heavy atom. The van der Waals surface area contributed by atoms with Crippen molar-refractivity contribution in [2.75, 3.05) is 6.54 Å². The van der Waals surface area contributed by atoms with Gasteiger partial charge in [0.05, 0.1) is 11.6 Å². The van der Waals surface area contributed by atoms with Crippen LogP contribution in [-0.4, -0.2) is 50.9 Å². The largest absolute Gasteiger partial charge is 0.478 e. The van der Waals surface area contributed by atoms with Crippen LogP contribution in [0.4, 0.5) is 0 Å². The van der Waals surface area contributed by atoms with Gasteiger partial charge in [-0.25, -0.2) is 9.79 Å². The molecule has 0 bridgehead atoms. The van der Waals surface area contributed by atoms with Crippen LogP contribution in [0.1, 0.15) is 115 Å². The molecule has 36 heavy (non-hydrogen) atoms. The molecule has 1 N–H and O–H groups in total. The normalized spacial score (nSPS) is 27.8. The Kier molecular flexibility index (Phi) is 7.55. The number of carboxylic acids is 1. The average molecular weight is 496 g/mol. The molecule has 2 atom stereocenters. The van der Waals surface area contributed by atoms with Gasteiger partial charge in [-0.1, -0.05) is 46.8 Å². The molecule has 3 aliphatic rings. The quantitative estimate of drug-likeness (QED) is 0.488. The number of aliphatic imine (C=N–C) groups is 1. The molecule has 0 radical (unpaired) electrons. The van der Waals surface area contributed by atoms with Crippen molar-refractivity contribution in [1.29, 1.82) is 0 Å². The molecule has 0 aromatic heterocycles. The van der Waals surface area contributed by atoms with E-state index in [0.717, 1.165) is 63.5 Å². The second-order valence-electron chi connectivity index (χ2n) is 12.8. The smallest absolute Gasteiger partial charge is 0.335 e. The minimum atomic E-state index is -0.928. The summed E-state index contributed by atoms with van der Waals surface area (Å²) in [6.45, 7) is 14.5. The number of carbonyl (C=O) groups is 2. The summed E-state index contributed by atoms with van der Waals surface area (Å²) in [6, 6.07) is 7.38. The third kappa shape index (κ3) is 5.19. The first-order valence-corrected chi connectivity index (χ1v) is 14.0. The Labute approximate surface area is 217 Å². The Morgan fingerprint density at radius 3 is 2.25 bits per heavy atom. The zero-order valence-corrected chi connectivity index (χ0v) is 23.1. The van der Waals surface area contributed by atoms with Gasteiger partial charge in [0.2, 0.25) is 0 Å². The van der Waals surface area contributed by atoms with E-state index < -0.39 is 11.6 Å². The number of benzene rings is 1. The number of carbonyl (C=O) groups excluding carboxylic acids is 1. The van der Waals surface area contributed by atoms with Gasteiger partial charge < -0.3 is 14.9 Å². The molecule has 2 fully saturated rings. The minimum absolute atomic E-state index is 0.0639. The number of hydrogen-bond acceptors (Lipinski definition) is 4. The SMILES string of the molecule is CC(C)CC[C@H](c1ccc(C(=O)O)cc1)N1C(=O)C(N2CCCC2C)=NC12CCC(C(C)(C)C)CC2. The molecule has 1 aliphatic carbocycles. The number of amides is 1. The van der Waals surface area contributed by atoms with Crippen molar-refractivity contribution in [3.8, 4) is 0 Å². The summed E-state index contributed by atoms with van der Waals surface area (Å²) >= 11 is 0. The lowest BCUT2D eigenvalue weighted by Gasteiger charge is -2.47. The van der Waals surface area contributed by atoms with E-state index in [1.54, 1.807) is 12.1 Å². The van der Waals surface area contributed by atoms with E-state index >= 15 is 0 Å². The van der Waals surface area contributed by atoms with Crippen LogP contribution in [0.25, 0.3) is 0 Å². The summed E-state index contributed by atoms with van der Waals surface area (Å²) in [5, 5.41) is 9.43. The van der Waals surface area contributed by atoms with Crippen LogP contribution < -0.4 is 0 Å². The van der Waals surface area contributed by atoms with Crippen molar-refractivity contribution < 1.29 is 14.7 Å². The fraction of sp³-hybridized carbons (Fsp3) is 0.700. The predicted molar refractivity (Wildman–Crippen MR) is 144 cm³/mol. The van der Waals surface area contributed by atoms with E-state index in [4.69, 9.17) is 4.99 Å². The van der Waals surface area contributed by atoms with Gasteiger partial charge in [-0.05, 0) is 93.2 Å². The van der Waals surface area contributed by atoms with E-state index in [1.165, 1.54) is 0 Å². The summed E-state index contributed by atoms with van der Waals surface area (Å²) in [6.07, 6.45) is 7.93. The molecule has 1 saturated carbocycles. The molecule has 1 aromatic rings. The van der Waals surface area contributed by atoms with E-state index in [-0.39, 0.29) is 22.9 Å². The molecule has 2 heterocycles. The number of aromatic carboxylic acids is 1. The molecule has 6 nitrogen and oxygen atoms in total. The zero-order chi connectivity index (χ0) is 26.3. The number of amidine groups is 1. The Balaban J connectivity index is 1.74. The van der Waals surface area contributed by atoms with Gasteiger partial charge in [0, 0.05) is 12.6 Å². The number of hydrogen-bond donors (Lipinski definition) is 1. The van der Waals surface area contributed by atoms with Crippen LogP contribution in [0.2, 0.25) is 0 Å². The van der Waals surface area contributed by atoms with Crippen molar-refractivity contribution >= 4 is 17.7 Å². The second kappa shape index (κ2) is 10.2. The maximum Gasteiger partial charge on any atom is 0.335 e. The first-order chi connectivity index (χ1) is 16.9. The predicted octanol–water partition coefficient (Wildman–Crippen LogP) is 6.52. The number of carboxylic acid groups (broad SMARTS) is 1. The summed E-state index contributed by atoms with van der Waals surface area (Å²) in [5.41, 5.74) is 1.02. The van der Waals surface area contributed by atoms with Crippen molar-refractivity contribution in [2.24, 2.45) is 22.2 Å². The highest BCUT2D eigenvalue weighted by Gasteiger charge is 2.54. The first kappa shape index (κ1) is 26.7. The lowest BCUT2D eigenvalue weighted by atomic mass is 9.69. The van der Waals surface area contributed by atoms with Crippen molar-refractivity contribution in [3.63, 3.8) is 0 Å². The average Bonchev–Trinajstić information content (AvgIpc) is 3.35. The summed E-state index contributed by atoms with van der Waals surface area (Å²) in [5.74, 6) is 0.923. The third-order valence-corrected chi connectivity index (χ3v) is 8.88. The molecule has 1 saturated heterocycles. The van der Waals surface area contributed by atoms with Gasteiger partial charge in [-0.15, -0.1) is 0 Å². The van der Waals surface area contributed by atoms with E-state index in [1.807, 2.05) is 12.1 Å². The molecule has 1 aromatic carbocycles. The highest BCUT2D eigenvalue weighted by atomic mass is 16.4. The van der Waals surface area contributed by atoms with Crippen LogP contribution in [0.15, 0.2) is 29.3 Å². The first-order valence-electron chi connectivity index (χ1n) is 14.0. The Morgan fingerprint density at radius 2 is 1.75 bits per heavy atom. The van der Waals surface area contributed by atoms with Gasteiger partial charge in [0.15, 0.2) is 5.84 Å². The summed E-state index contributed by atoms with van der Waals surface area (Å²) in [7, 11) is 0. The van der Waals surface area contributed by atoms with Crippen molar-refractivity contribution in [2.45, 2.75) is 111 Å². The number of likely N-dealkylation sites (tertiary alicyclic amines) is 1. The molecule has 1 unspecified atom stereocenters. The van der Waals surface area contributed by atoms with E-state index in [9.17, 15) is 14.7 Å². The third-order valence-electron chi connectivity index (χ3n) is 8.88. The summed E-state index contributed by atoms with van der Waals surface area (Å²) in [4.78, 5) is 35.5. The van der Waals surface area contributed by atoms with Crippen LogP contribution in [-0.2, 0) is 4.79 Å². The van der Waals surface area contributed by atoms with Crippen LogP contribution in [0.5, 0.6) is 0 Å². The lowest BCUT2D eigenvalue weighted by Crippen LogP contribution is -2.52. The van der Waals surface area contributed by atoms with Crippen molar-refractivity contribution in [3.05, 3.63) is 35.4 Å². The number of nitrogens with zero attached hydrogens (tertiary/aromatic N) is 3. The van der Waals surface area contributed by atoms with Crippen LogP contribution >= 0.6 is 0 Å². The molecule has 6 heteroatoms. The Bertz CT molecular complexity index is 984. The van der Waals surface area contributed by atoms with Crippen LogP contribution in [0.3, 0.4) is 0 Å². The molecular formula is C30H45N3O3. The fourth-order valence-electron chi connectivity index (χ4n) is 6.54. The monoisotopic (exact) mass is 495 g/mol. The van der Waals surface area contributed by atoms with Gasteiger partial charge >= 0.3 is 5.97 Å². The molecule has 4 rings (SSSR count). The van der Waals surface area contributed by atoms with E-state index in [2.05, 4.69) is 51.3 Å². The molecule has 198 valence electrons. The van der Waals surface area contributed by atoms with E-state index in [0.29, 0.717) is 23.7 Å². The number of rotatable bonds is 6. The maximum absolute atomic E-state index is 14.3. The van der Waals surface area contributed by atoms with Crippen LogP contribution in [0, 0.1) is 17.3 Å². The molecule has 2 aliphatic heterocycles. The highest BCUT2D eigenvalue weighted by Crippen LogP contribution is 2.50. The van der Waals surface area contributed by atoms with Gasteiger partial charge in [-0.3, -0.25) is 4.79 Å². The molecule has 1 spiro atoms. The zero-order valence-electron chi connectivity index (χ0n) is 23.1.